The SMILES string of the molecule is CC(C)[C@H](C(=O)OCC(=O)Nc1ccc(Br)cc1)N1C(=O)[C@@H]2[C@@H](C1=O)[C@H]1C=C[C@H]2C1. The lowest BCUT2D eigenvalue weighted by Crippen LogP contribution is -2.50. The van der Waals surface area contributed by atoms with Crippen molar-refractivity contribution in [2.24, 2.45) is 29.6 Å². The van der Waals surface area contributed by atoms with Crippen LogP contribution in [0.3, 0.4) is 0 Å². The van der Waals surface area contributed by atoms with Gasteiger partial charge in [-0.25, -0.2) is 4.79 Å². The van der Waals surface area contributed by atoms with Crippen LogP contribution in [0, 0.1) is 29.6 Å². The molecule has 1 aliphatic heterocycles. The molecule has 5 atom stereocenters. The van der Waals surface area contributed by atoms with Crippen LogP contribution in [0.5, 0.6) is 0 Å². The number of hydrogen-bond acceptors (Lipinski definition) is 5. The lowest BCUT2D eigenvalue weighted by molar-refractivity contribution is -0.162. The summed E-state index contributed by atoms with van der Waals surface area (Å²) in [5.41, 5.74) is 0.570. The molecule has 1 heterocycles. The summed E-state index contributed by atoms with van der Waals surface area (Å²) < 4.78 is 6.08. The van der Waals surface area contributed by atoms with Crippen molar-refractivity contribution in [3.05, 3.63) is 40.9 Å². The molecule has 158 valence electrons. The average Bonchev–Trinajstić information content (AvgIpc) is 3.38. The Morgan fingerprint density at radius 1 is 1.10 bits per heavy atom. The third kappa shape index (κ3) is 3.57. The summed E-state index contributed by atoms with van der Waals surface area (Å²) in [6.07, 6.45) is 4.85. The molecule has 1 aromatic carbocycles. The molecule has 1 saturated carbocycles. The molecule has 0 unspecified atom stereocenters. The normalized spacial score (nSPS) is 27.5. The van der Waals surface area contributed by atoms with Crippen molar-refractivity contribution in [2.45, 2.75) is 26.3 Å². The summed E-state index contributed by atoms with van der Waals surface area (Å²) in [5.74, 6) is -2.75. The number of rotatable bonds is 6. The van der Waals surface area contributed by atoms with Gasteiger partial charge in [0.2, 0.25) is 11.8 Å². The summed E-state index contributed by atoms with van der Waals surface area (Å²) in [6.45, 7) is 3.03. The zero-order valence-electron chi connectivity index (χ0n) is 16.7. The Hall–Kier alpha value is -2.48. The Labute approximate surface area is 183 Å². The van der Waals surface area contributed by atoms with Crippen molar-refractivity contribution in [3.8, 4) is 0 Å². The van der Waals surface area contributed by atoms with Gasteiger partial charge in [-0.1, -0.05) is 41.9 Å². The molecule has 0 aromatic heterocycles. The van der Waals surface area contributed by atoms with Crippen LogP contribution in [0.2, 0.25) is 0 Å². The van der Waals surface area contributed by atoms with Gasteiger partial charge in [0.15, 0.2) is 6.61 Å². The van der Waals surface area contributed by atoms with E-state index in [1.54, 1.807) is 38.1 Å². The van der Waals surface area contributed by atoms with Gasteiger partial charge >= 0.3 is 5.97 Å². The van der Waals surface area contributed by atoms with Crippen molar-refractivity contribution >= 4 is 45.3 Å². The zero-order valence-corrected chi connectivity index (χ0v) is 18.3. The lowest BCUT2D eigenvalue weighted by Gasteiger charge is -2.28. The van der Waals surface area contributed by atoms with Crippen molar-refractivity contribution < 1.29 is 23.9 Å². The summed E-state index contributed by atoms with van der Waals surface area (Å²) in [7, 11) is 0. The lowest BCUT2D eigenvalue weighted by atomic mass is 9.85. The van der Waals surface area contributed by atoms with E-state index in [1.807, 2.05) is 12.2 Å². The fourth-order valence-corrected chi connectivity index (χ4v) is 5.09. The molecular formula is C22H23BrN2O5. The van der Waals surface area contributed by atoms with Gasteiger partial charge in [0.25, 0.3) is 5.91 Å². The van der Waals surface area contributed by atoms with Gasteiger partial charge in [-0.15, -0.1) is 0 Å². The van der Waals surface area contributed by atoms with Crippen LogP contribution >= 0.6 is 15.9 Å². The molecule has 2 fully saturated rings. The maximum absolute atomic E-state index is 13.0. The number of fused-ring (bicyclic) bond motifs is 5. The zero-order chi connectivity index (χ0) is 21.6. The van der Waals surface area contributed by atoms with Gasteiger partial charge in [0, 0.05) is 10.2 Å². The summed E-state index contributed by atoms with van der Waals surface area (Å²) >= 11 is 3.32. The van der Waals surface area contributed by atoms with Gasteiger partial charge < -0.3 is 10.1 Å². The number of carbonyl (C=O) groups is 4. The van der Waals surface area contributed by atoms with Crippen LogP contribution in [0.25, 0.3) is 0 Å². The number of amides is 3. The number of benzene rings is 1. The second kappa shape index (κ2) is 7.98. The van der Waals surface area contributed by atoms with E-state index in [-0.39, 0.29) is 41.4 Å². The van der Waals surface area contributed by atoms with Gasteiger partial charge in [-0.2, -0.15) is 0 Å². The number of nitrogens with zero attached hydrogens (tertiary/aromatic N) is 1. The minimum atomic E-state index is -1.03. The second-order valence-electron chi connectivity index (χ2n) is 8.40. The van der Waals surface area contributed by atoms with Gasteiger partial charge in [-0.05, 0) is 48.4 Å². The predicted molar refractivity (Wildman–Crippen MR) is 112 cm³/mol. The average molecular weight is 475 g/mol. The Kier molecular flexibility index (Phi) is 5.53. The van der Waals surface area contributed by atoms with E-state index < -0.39 is 24.5 Å². The third-order valence-electron chi connectivity index (χ3n) is 6.13. The number of anilines is 1. The van der Waals surface area contributed by atoms with Crippen LogP contribution < -0.4 is 5.32 Å². The van der Waals surface area contributed by atoms with Crippen molar-refractivity contribution in [3.63, 3.8) is 0 Å². The minimum absolute atomic E-state index is 0.0713. The highest BCUT2D eigenvalue weighted by molar-refractivity contribution is 9.10. The molecule has 3 aliphatic rings. The Bertz CT molecular complexity index is 896. The molecule has 7 nitrogen and oxygen atoms in total. The highest BCUT2D eigenvalue weighted by Gasteiger charge is 2.61. The fraction of sp³-hybridized carbons (Fsp3) is 0.455. The molecule has 0 spiro atoms. The third-order valence-corrected chi connectivity index (χ3v) is 6.66. The number of ether oxygens (including phenoxy) is 1. The van der Waals surface area contributed by atoms with E-state index in [9.17, 15) is 19.2 Å². The van der Waals surface area contributed by atoms with Crippen molar-refractivity contribution in [2.75, 3.05) is 11.9 Å². The first kappa shape index (κ1) is 20.8. The molecule has 8 heteroatoms. The number of halogens is 1. The van der Waals surface area contributed by atoms with Crippen LogP contribution in [0.4, 0.5) is 5.69 Å². The van der Waals surface area contributed by atoms with E-state index in [4.69, 9.17) is 4.74 Å². The van der Waals surface area contributed by atoms with E-state index in [1.165, 1.54) is 0 Å². The van der Waals surface area contributed by atoms with Crippen LogP contribution in [0.15, 0.2) is 40.9 Å². The number of imide groups is 1. The maximum atomic E-state index is 13.0. The number of nitrogens with one attached hydrogen (secondary N) is 1. The monoisotopic (exact) mass is 474 g/mol. The van der Waals surface area contributed by atoms with E-state index in [2.05, 4.69) is 21.2 Å². The molecule has 2 bridgehead atoms. The van der Waals surface area contributed by atoms with Crippen molar-refractivity contribution in [1.82, 2.24) is 4.90 Å². The van der Waals surface area contributed by atoms with Crippen LogP contribution in [0.1, 0.15) is 20.3 Å². The molecule has 4 rings (SSSR count). The molecule has 3 amide bonds. The number of likely N-dealkylation sites (tertiary alicyclic amines) is 1. The molecule has 2 aliphatic carbocycles. The largest absolute Gasteiger partial charge is 0.454 e. The topological polar surface area (TPSA) is 92.8 Å². The quantitative estimate of drug-likeness (QED) is 0.388. The fourth-order valence-electron chi connectivity index (χ4n) is 4.83. The van der Waals surface area contributed by atoms with Gasteiger partial charge in [-0.3, -0.25) is 19.3 Å². The number of carbonyl (C=O) groups excluding carboxylic acids is 4. The molecule has 1 N–H and O–H groups in total. The Balaban J connectivity index is 1.41. The predicted octanol–water partition coefficient (Wildman–Crippen LogP) is 2.76. The van der Waals surface area contributed by atoms with Crippen LogP contribution in [-0.2, 0) is 23.9 Å². The van der Waals surface area contributed by atoms with E-state index >= 15 is 0 Å². The Morgan fingerprint density at radius 3 is 2.20 bits per heavy atom. The summed E-state index contributed by atoms with van der Waals surface area (Å²) in [6, 6.07) is 5.95. The van der Waals surface area contributed by atoms with Gasteiger partial charge in [0.05, 0.1) is 11.8 Å². The first-order chi connectivity index (χ1) is 14.3. The van der Waals surface area contributed by atoms with Crippen LogP contribution in [-0.4, -0.2) is 41.2 Å². The standard InChI is InChI=1S/C22H23BrN2O5/c1-11(2)19(22(29)30-10-16(26)24-15-7-5-14(23)6-8-15)25-20(27)17-12-3-4-13(9-12)18(17)21(25)28/h3-8,11-13,17-19H,9-10H2,1-2H3,(H,24,26)/t12-,13-,17-,18-,19+/m0/s1. The molecule has 1 aromatic rings. The molecular weight excluding hydrogens is 452 g/mol. The summed E-state index contributed by atoms with van der Waals surface area (Å²) in [5, 5.41) is 2.64. The first-order valence-corrected chi connectivity index (χ1v) is 10.8. The number of hydrogen-bond donors (Lipinski definition) is 1. The number of allylic oxidation sites excluding steroid dienone is 2. The minimum Gasteiger partial charge on any atom is -0.454 e. The highest BCUT2D eigenvalue weighted by Crippen LogP contribution is 2.53. The van der Waals surface area contributed by atoms with Gasteiger partial charge in [0.1, 0.15) is 6.04 Å². The Morgan fingerprint density at radius 2 is 1.67 bits per heavy atom. The highest BCUT2D eigenvalue weighted by atomic mass is 79.9. The van der Waals surface area contributed by atoms with E-state index in [0.29, 0.717) is 5.69 Å². The molecule has 0 radical (unpaired) electrons. The second-order valence-corrected chi connectivity index (χ2v) is 9.31. The first-order valence-electron chi connectivity index (χ1n) is 10.0. The molecule has 1 saturated heterocycles. The summed E-state index contributed by atoms with van der Waals surface area (Å²) in [4.78, 5) is 52.1. The smallest absolute Gasteiger partial charge is 0.330 e. The number of esters is 1. The maximum Gasteiger partial charge on any atom is 0.330 e. The molecule has 30 heavy (non-hydrogen) atoms. The van der Waals surface area contributed by atoms with Crippen molar-refractivity contribution in [1.29, 1.82) is 0 Å². The van der Waals surface area contributed by atoms with E-state index in [0.717, 1.165) is 15.8 Å².